The van der Waals surface area contributed by atoms with Crippen molar-refractivity contribution in [1.29, 1.82) is 0 Å². The zero-order valence-corrected chi connectivity index (χ0v) is 17.8. The number of halogens is 2. The highest BCUT2D eigenvalue weighted by atomic mass is 32.1. The van der Waals surface area contributed by atoms with E-state index in [0.29, 0.717) is 37.8 Å². The van der Waals surface area contributed by atoms with Gasteiger partial charge in [0.1, 0.15) is 13.3 Å². The summed E-state index contributed by atoms with van der Waals surface area (Å²) in [6, 6.07) is 7.10. The van der Waals surface area contributed by atoms with Crippen molar-refractivity contribution < 1.29 is 23.0 Å². The van der Waals surface area contributed by atoms with E-state index in [1.807, 2.05) is 0 Å². The van der Waals surface area contributed by atoms with Gasteiger partial charge in [0.05, 0.1) is 25.9 Å². The number of ether oxygens (including phenoxy) is 3. The molecule has 0 amide bonds. The first kappa shape index (κ1) is 20.9. The van der Waals surface area contributed by atoms with Crippen LogP contribution in [0, 0.1) is 11.6 Å². The monoisotopic (exact) mass is 447 g/mol. The van der Waals surface area contributed by atoms with Crippen molar-refractivity contribution in [2.75, 3.05) is 32.9 Å². The van der Waals surface area contributed by atoms with Crippen LogP contribution in [0.5, 0.6) is 17.2 Å². The molecule has 0 bridgehead atoms. The molecular weight excluding hydrogens is 428 g/mol. The highest BCUT2D eigenvalue weighted by Crippen LogP contribution is 2.38. The molecule has 1 aliphatic heterocycles. The lowest BCUT2D eigenvalue weighted by molar-refractivity contribution is 0.324. The minimum atomic E-state index is -0.947. The van der Waals surface area contributed by atoms with Gasteiger partial charge >= 0.3 is 0 Å². The first-order chi connectivity index (χ1) is 14.9. The van der Waals surface area contributed by atoms with Gasteiger partial charge in [0, 0.05) is 11.8 Å². The van der Waals surface area contributed by atoms with Gasteiger partial charge in [-0.25, -0.2) is 13.8 Å². The Balaban J connectivity index is 1.73. The van der Waals surface area contributed by atoms with Crippen LogP contribution in [0.3, 0.4) is 0 Å². The van der Waals surface area contributed by atoms with Crippen molar-refractivity contribution in [2.24, 2.45) is 4.99 Å². The van der Waals surface area contributed by atoms with Crippen molar-refractivity contribution in [2.45, 2.75) is 6.67 Å². The molecule has 0 fully saturated rings. The summed E-state index contributed by atoms with van der Waals surface area (Å²) in [4.78, 5) is 19.7. The Kier molecular flexibility index (Phi) is 5.64. The second-order valence-corrected chi connectivity index (χ2v) is 7.67. The third kappa shape index (κ3) is 3.86. The fourth-order valence-electron chi connectivity index (χ4n) is 3.29. The third-order valence-corrected chi connectivity index (χ3v) is 5.87. The van der Waals surface area contributed by atoms with Gasteiger partial charge in [-0.05, 0) is 35.9 Å². The Labute approximate surface area is 180 Å². The van der Waals surface area contributed by atoms with E-state index in [9.17, 15) is 13.6 Å². The number of hydrogen-bond acceptors (Lipinski definition) is 7. The molecule has 0 unspecified atom stereocenters. The molecule has 7 nitrogen and oxygen atoms in total. The standard InChI is InChI=1S/C21H19F2N3O4S/c1-28-16-6-12(7-17(29-2)19(16)30-3)8-18-20(27)26-11-25(10-24-21(26)31-18)13-4-5-14(22)15(23)9-13/h4-9H,10-11H2,1-3H3/b18-8-. The summed E-state index contributed by atoms with van der Waals surface area (Å²) in [6.07, 6.45) is 1.72. The molecular formula is C21H19F2N3O4S. The average Bonchev–Trinajstić information content (AvgIpc) is 3.09. The Hall–Kier alpha value is -3.40. The molecule has 10 heteroatoms. The lowest BCUT2D eigenvalue weighted by atomic mass is 10.1. The summed E-state index contributed by atoms with van der Waals surface area (Å²) in [7, 11) is 4.56. The maximum atomic E-state index is 13.6. The molecule has 1 aliphatic rings. The second kappa shape index (κ2) is 8.38. The number of thiazole rings is 1. The van der Waals surface area contributed by atoms with E-state index in [2.05, 4.69) is 4.99 Å². The predicted octanol–water partition coefficient (Wildman–Crippen LogP) is 2.10. The second-order valence-electron chi connectivity index (χ2n) is 6.66. The molecule has 1 aromatic heterocycles. The van der Waals surface area contributed by atoms with E-state index in [-0.39, 0.29) is 18.9 Å². The van der Waals surface area contributed by atoms with E-state index >= 15 is 0 Å². The fraction of sp³-hybridized carbons (Fsp3) is 0.238. The number of nitrogens with zero attached hydrogens (tertiary/aromatic N) is 3. The van der Waals surface area contributed by atoms with Crippen LogP contribution in [0.2, 0.25) is 0 Å². The summed E-state index contributed by atoms with van der Waals surface area (Å²) in [5.74, 6) is -0.459. The van der Waals surface area contributed by atoms with Crippen LogP contribution in [0.4, 0.5) is 14.5 Å². The quantitative estimate of drug-likeness (QED) is 0.600. The van der Waals surface area contributed by atoms with Gasteiger partial charge in [-0.2, -0.15) is 0 Å². The zero-order valence-electron chi connectivity index (χ0n) is 17.0. The van der Waals surface area contributed by atoms with Gasteiger partial charge in [-0.3, -0.25) is 9.36 Å². The first-order valence-electron chi connectivity index (χ1n) is 9.21. The Bertz CT molecular complexity index is 1290. The van der Waals surface area contributed by atoms with Crippen LogP contribution in [0.1, 0.15) is 5.56 Å². The molecule has 3 aromatic rings. The van der Waals surface area contributed by atoms with E-state index < -0.39 is 11.6 Å². The van der Waals surface area contributed by atoms with Gasteiger partial charge in [0.2, 0.25) is 5.75 Å². The van der Waals surface area contributed by atoms with Crippen molar-refractivity contribution in [3.05, 3.63) is 67.2 Å². The minimum Gasteiger partial charge on any atom is -0.493 e. The summed E-state index contributed by atoms with van der Waals surface area (Å²) >= 11 is 1.25. The van der Waals surface area contributed by atoms with Crippen LogP contribution in [-0.2, 0) is 6.67 Å². The summed E-state index contributed by atoms with van der Waals surface area (Å²) in [5.41, 5.74) is 0.912. The number of anilines is 1. The molecule has 0 spiro atoms. The van der Waals surface area contributed by atoms with Gasteiger partial charge in [-0.15, -0.1) is 0 Å². The highest BCUT2D eigenvalue weighted by molar-refractivity contribution is 7.07. The maximum Gasteiger partial charge on any atom is 0.271 e. The minimum absolute atomic E-state index is 0.183. The number of methoxy groups -OCH3 is 3. The molecule has 31 heavy (non-hydrogen) atoms. The SMILES string of the molecule is COc1cc(/C=c2\sc3n(c2=O)CN(c2ccc(F)c(F)c2)CN=3)cc(OC)c1OC. The third-order valence-electron chi connectivity index (χ3n) is 4.83. The molecule has 4 rings (SSSR count). The molecule has 0 saturated carbocycles. The van der Waals surface area contributed by atoms with Gasteiger partial charge in [0.15, 0.2) is 27.9 Å². The van der Waals surface area contributed by atoms with E-state index in [4.69, 9.17) is 14.2 Å². The van der Waals surface area contributed by atoms with Crippen LogP contribution in [-0.4, -0.2) is 32.6 Å². The summed E-state index contributed by atoms with van der Waals surface area (Å²) < 4.78 is 44.9. The van der Waals surface area contributed by atoms with Crippen LogP contribution < -0.4 is 34.0 Å². The summed E-state index contributed by atoms with van der Waals surface area (Å²) in [6.45, 7) is 0.414. The number of hydrogen-bond donors (Lipinski definition) is 0. The molecule has 2 aromatic carbocycles. The number of fused-ring (bicyclic) bond motifs is 1. The van der Waals surface area contributed by atoms with Crippen LogP contribution in [0.25, 0.3) is 6.08 Å². The number of benzene rings is 2. The van der Waals surface area contributed by atoms with Crippen molar-refractivity contribution in [3.63, 3.8) is 0 Å². The smallest absolute Gasteiger partial charge is 0.271 e. The molecule has 0 saturated heterocycles. The largest absolute Gasteiger partial charge is 0.493 e. The molecule has 162 valence electrons. The molecule has 2 heterocycles. The number of aromatic nitrogens is 1. The topological polar surface area (TPSA) is 65.3 Å². The van der Waals surface area contributed by atoms with Gasteiger partial charge < -0.3 is 19.1 Å². The normalized spacial score (nSPS) is 13.6. The van der Waals surface area contributed by atoms with Crippen LogP contribution >= 0.6 is 11.3 Å². The molecule has 0 atom stereocenters. The van der Waals surface area contributed by atoms with Crippen molar-refractivity contribution in [3.8, 4) is 17.2 Å². The zero-order chi connectivity index (χ0) is 22.1. The van der Waals surface area contributed by atoms with E-state index in [1.165, 1.54) is 43.3 Å². The lowest BCUT2D eigenvalue weighted by Crippen LogP contribution is -2.42. The van der Waals surface area contributed by atoms with E-state index in [0.717, 1.165) is 12.1 Å². The van der Waals surface area contributed by atoms with E-state index in [1.54, 1.807) is 23.1 Å². The molecule has 0 aliphatic carbocycles. The predicted molar refractivity (Wildman–Crippen MR) is 113 cm³/mol. The molecule has 0 radical (unpaired) electrons. The maximum absolute atomic E-state index is 13.6. The van der Waals surface area contributed by atoms with Crippen molar-refractivity contribution in [1.82, 2.24) is 4.57 Å². The van der Waals surface area contributed by atoms with Gasteiger partial charge in [-0.1, -0.05) is 11.3 Å². The Morgan fingerprint density at radius 1 is 1.03 bits per heavy atom. The Morgan fingerprint density at radius 2 is 1.74 bits per heavy atom. The number of rotatable bonds is 5. The highest BCUT2D eigenvalue weighted by Gasteiger charge is 2.18. The van der Waals surface area contributed by atoms with Crippen LogP contribution in [0.15, 0.2) is 40.1 Å². The first-order valence-corrected chi connectivity index (χ1v) is 10.0. The van der Waals surface area contributed by atoms with Gasteiger partial charge in [0.25, 0.3) is 5.56 Å². The summed E-state index contributed by atoms with van der Waals surface area (Å²) in [5, 5.41) is 0. The lowest BCUT2D eigenvalue weighted by Gasteiger charge is -2.25. The Morgan fingerprint density at radius 3 is 2.35 bits per heavy atom. The average molecular weight is 447 g/mol. The fourth-order valence-corrected chi connectivity index (χ4v) is 4.26. The van der Waals surface area contributed by atoms with Crippen molar-refractivity contribution >= 4 is 23.1 Å². The molecule has 0 N–H and O–H groups in total.